The molecule has 1 aliphatic heterocycles. The Morgan fingerprint density at radius 3 is 3.00 bits per heavy atom. The van der Waals surface area contributed by atoms with E-state index in [0.29, 0.717) is 19.7 Å². The van der Waals surface area contributed by atoms with Gasteiger partial charge in [0.2, 0.25) is 5.91 Å². The van der Waals surface area contributed by atoms with E-state index in [0.717, 1.165) is 23.9 Å². The molecule has 2 heterocycles. The van der Waals surface area contributed by atoms with E-state index < -0.39 is 0 Å². The Hall–Kier alpha value is -2.12. The molecular weight excluding hydrogens is 322 g/mol. The highest BCUT2D eigenvalue weighted by molar-refractivity contribution is 5.78. The lowest BCUT2D eigenvalue weighted by Crippen LogP contribution is -2.51. The minimum absolute atomic E-state index is 0.0330. The number of ether oxygens (including phenoxy) is 1. The Bertz CT molecular complexity index is 827. The van der Waals surface area contributed by atoms with E-state index in [2.05, 4.69) is 4.98 Å². The van der Waals surface area contributed by atoms with E-state index in [1.165, 1.54) is 0 Å². The van der Waals surface area contributed by atoms with Gasteiger partial charge in [-0.1, -0.05) is 12.1 Å². The molecule has 25 heavy (non-hydrogen) atoms. The quantitative estimate of drug-likeness (QED) is 0.855. The van der Waals surface area contributed by atoms with Crippen LogP contribution < -0.4 is 5.69 Å². The van der Waals surface area contributed by atoms with Crippen molar-refractivity contribution < 1.29 is 14.6 Å². The molecule has 1 amide bonds. The van der Waals surface area contributed by atoms with Crippen molar-refractivity contribution in [1.29, 1.82) is 0 Å². The Morgan fingerprint density at radius 2 is 2.16 bits per heavy atom. The summed E-state index contributed by atoms with van der Waals surface area (Å²) >= 11 is 0. The highest BCUT2D eigenvalue weighted by Crippen LogP contribution is 2.34. The summed E-state index contributed by atoms with van der Waals surface area (Å²) in [6.45, 7) is 1.63. The molecule has 134 valence electrons. The fraction of sp³-hybridized carbons (Fsp3) is 0.556. The van der Waals surface area contributed by atoms with Crippen LogP contribution in [0.2, 0.25) is 0 Å². The van der Waals surface area contributed by atoms with Gasteiger partial charge in [-0.2, -0.15) is 0 Å². The van der Waals surface area contributed by atoms with Crippen LogP contribution >= 0.6 is 0 Å². The predicted molar refractivity (Wildman–Crippen MR) is 92.2 cm³/mol. The molecule has 0 radical (unpaired) electrons. The van der Waals surface area contributed by atoms with Gasteiger partial charge in [-0.15, -0.1) is 0 Å². The summed E-state index contributed by atoms with van der Waals surface area (Å²) in [6.07, 6.45) is 1.92. The van der Waals surface area contributed by atoms with E-state index in [1.54, 1.807) is 4.57 Å². The van der Waals surface area contributed by atoms with Crippen molar-refractivity contribution in [1.82, 2.24) is 14.5 Å². The van der Waals surface area contributed by atoms with Crippen LogP contribution in [0.5, 0.6) is 0 Å². The normalized spacial score (nSPS) is 26.1. The molecule has 1 aromatic carbocycles. The zero-order chi connectivity index (χ0) is 17.4. The number of hydrogen-bond donors (Lipinski definition) is 2. The summed E-state index contributed by atoms with van der Waals surface area (Å²) in [6, 6.07) is 7.55. The minimum Gasteiger partial charge on any atom is -0.396 e. The minimum atomic E-state index is -0.185. The number of aromatic amines is 1. The lowest BCUT2D eigenvalue weighted by atomic mass is 10.1. The van der Waals surface area contributed by atoms with E-state index in [9.17, 15) is 14.7 Å². The van der Waals surface area contributed by atoms with Crippen LogP contribution in [0.4, 0.5) is 0 Å². The van der Waals surface area contributed by atoms with Gasteiger partial charge < -0.3 is 19.7 Å². The number of aryl methyl sites for hydroxylation is 1. The van der Waals surface area contributed by atoms with Crippen LogP contribution in [0.15, 0.2) is 29.1 Å². The van der Waals surface area contributed by atoms with Crippen LogP contribution in [0.25, 0.3) is 11.0 Å². The number of benzene rings is 1. The average Bonchev–Trinajstić information content (AvgIpc) is 3.19. The summed E-state index contributed by atoms with van der Waals surface area (Å²) in [5.41, 5.74) is 1.42. The first-order chi connectivity index (χ1) is 12.2. The Morgan fingerprint density at radius 1 is 1.32 bits per heavy atom. The maximum absolute atomic E-state index is 12.8. The number of hydrogen-bond acceptors (Lipinski definition) is 4. The highest BCUT2D eigenvalue weighted by atomic mass is 16.5. The SMILES string of the molecule is O=C(CCn1c(=O)[nH]c2ccccc21)N1CCOC2C[C@H](CO)C[C@@H]21. The zero-order valence-corrected chi connectivity index (χ0v) is 14.1. The number of rotatable bonds is 4. The van der Waals surface area contributed by atoms with Gasteiger partial charge in [-0.05, 0) is 30.9 Å². The van der Waals surface area contributed by atoms with Gasteiger partial charge in [-0.3, -0.25) is 9.36 Å². The molecule has 2 fully saturated rings. The average molecular weight is 345 g/mol. The molecular formula is C18H23N3O4. The Kier molecular flexibility index (Phi) is 4.35. The van der Waals surface area contributed by atoms with Crippen molar-refractivity contribution in [2.75, 3.05) is 19.8 Å². The molecule has 0 bridgehead atoms. The number of fused-ring (bicyclic) bond motifs is 2. The summed E-state index contributed by atoms with van der Waals surface area (Å²) in [5, 5.41) is 9.40. The molecule has 1 aromatic heterocycles. The van der Waals surface area contributed by atoms with Gasteiger partial charge in [0.1, 0.15) is 0 Å². The van der Waals surface area contributed by atoms with Crippen molar-refractivity contribution >= 4 is 16.9 Å². The number of aromatic nitrogens is 2. The topological polar surface area (TPSA) is 87.6 Å². The predicted octanol–water partition coefficient (Wildman–Crippen LogP) is 0.718. The van der Waals surface area contributed by atoms with Gasteiger partial charge in [0.05, 0.1) is 29.8 Å². The van der Waals surface area contributed by atoms with Crippen LogP contribution in [0.1, 0.15) is 19.3 Å². The van der Waals surface area contributed by atoms with E-state index >= 15 is 0 Å². The number of carbonyl (C=O) groups is 1. The summed E-state index contributed by atoms with van der Waals surface area (Å²) in [7, 11) is 0. The first kappa shape index (κ1) is 16.4. The monoisotopic (exact) mass is 345 g/mol. The molecule has 3 atom stereocenters. The Labute approximate surface area is 145 Å². The third kappa shape index (κ3) is 2.98. The number of amides is 1. The molecule has 1 saturated heterocycles. The number of carbonyl (C=O) groups excluding carboxylic acids is 1. The lowest BCUT2D eigenvalue weighted by Gasteiger charge is -2.37. The number of morpholine rings is 1. The van der Waals surface area contributed by atoms with Crippen LogP contribution in [-0.4, -0.2) is 57.4 Å². The summed E-state index contributed by atoms with van der Waals surface area (Å²) in [5.74, 6) is 0.258. The fourth-order valence-corrected chi connectivity index (χ4v) is 4.19. The standard InChI is InChI=1S/C18H23N3O4/c22-11-12-9-15-16(10-12)25-8-7-20(15)17(23)5-6-21-14-4-2-1-3-13(14)19-18(21)24/h1-4,12,15-16,22H,5-11H2,(H,19,24)/t12-,15+,16?/m1/s1. The van der Waals surface area contributed by atoms with Crippen molar-refractivity contribution in [3.63, 3.8) is 0 Å². The molecule has 1 unspecified atom stereocenters. The summed E-state index contributed by atoms with van der Waals surface area (Å²) in [4.78, 5) is 29.6. The second-order valence-corrected chi connectivity index (χ2v) is 6.93. The Balaban J connectivity index is 1.46. The smallest absolute Gasteiger partial charge is 0.326 e. The number of aliphatic hydroxyl groups is 1. The van der Waals surface area contributed by atoms with Gasteiger partial charge in [0.15, 0.2) is 0 Å². The lowest BCUT2D eigenvalue weighted by molar-refractivity contribution is -0.144. The highest BCUT2D eigenvalue weighted by Gasteiger charge is 2.42. The molecule has 4 rings (SSSR count). The van der Waals surface area contributed by atoms with Crippen molar-refractivity contribution in [2.45, 2.75) is 38.0 Å². The van der Waals surface area contributed by atoms with Crippen molar-refractivity contribution in [3.8, 4) is 0 Å². The third-order valence-electron chi connectivity index (χ3n) is 5.44. The van der Waals surface area contributed by atoms with Gasteiger partial charge in [0, 0.05) is 26.1 Å². The van der Waals surface area contributed by atoms with Gasteiger partial charge in [0.25, 0.3) is 0 Å². The van der Waals surface area contributed by atoms with Gasteiger partial charge in [-0.25, -0.2) is 4.79 Å². The zero-order valence-electron chi connectivity index (χ0n) is 14.1. The number of para-hydroxylation sites is 2. The number of aliphatic hydroxyl groups excluding tert-OH is 1. The van der Waals surface area contributed by atoms with Crippen LogP contribution in [-0.2, 0) is 16.1 Å². The van der Waals surface area contributed by atoms with E-state index in [-0.39, 0.29) is 42.7 Å². The second-order valence-electron chi connectivity index (χ2n) is 6.93. The maximum atomic E-state index is 12.8. The van der Waals surface area contributed by atoms with Crippen molar-refractivity contribution in [3.05, 3.63) is 34.7 Å². The van der Waals surface area contributed by atoms with E-state index in [4.69, 9.17) is 4.74 Å². The fourth-order valence-electron chi connectivity index (χ4n) is 4.19. The molecule has 1 saturated carbocycles. The molecule has 7 heteroatoms. The first-order valence-electron chi connectivity index (χ1n) is 8.87. The molecule has 2 N–H and O–H groups in total. The molecule has 2 aromatic rings. The molecule has 0 spiro atoms. The number of nitrogens with one attached hydrogen (secondary N) is 1. The largest absolute Gasteiger partial charge is 0.396 e. The maximum Gasteiger partial charge on any atom is 0.326 e. The van der Waals surface area contributed by atoms with Gasteiger partial charge >= 0.3 is 5.69 Å². The van der Waals surface area contributed by atoms with Crippen molar-refractivity contribution in [2.24, 2.45) is 5.92 Å². The molecule has 1 aliphatic carbocycles. The van der Waals surface area contributed by atoms with Crippen LogP contribution in [0.3, 0.4) is 0 Å². The third-order valence-corrected chi connectivity index (χ3v) is 5.44. The second kappa shape index (κ2) is 6.65. The number of imidazole rings is 1. The molecule has 7 nitrogen and oxygen atoms in total. The molecule has 2 aliphatic rings. The van der Waals surface area contributed by atoms with Crippen LogP contribution in [0, 0.1) is 5.92 Å². The summed E-state index contributed by atoms with van der Waals surface area (Å²) < 4.78 is 7.40. The number of nitrogens with zero attached hydrogens (tertiary/aromatic N) is 2. The first-order valence-corrected chi connectivity index (χ1v) is 8.87. The number of H-pyrrole nitrogens is 1. The van der Waals surface area contributed by atoms with E-state index in [1.807, 2.05) is 29.2 Å².